The molecule has 0 saturated heterocycles. The number of aromatic nitrogens is 2. The third-order valence-corrected chi connectivity index (χ3v) is 3.88. The summed E-state index contributed by atoms with van der Waals surface area (Å²) in [4.78, 5) is 18.3. The third kappa shape index (κ3) is 5.40. The first-order valence-corrected chi connectivity index (χ1v) is 8.55. The fourth-order valence-electron chi connectivity index (χ4n) is 2.50. The van der Waals surface area contributed by atoms with Gasteiger partial charge in [-0.15, -0.1) is 0 Å². The summed E-state index contributed by atoms with van der Waals surface area (Å²) >= 11 is 5.91. The summed E-state index contributed by atoms with van der Waals surface area (Å²) in [5, 5.41) is 7.38. The number of likely N-dealkylation sites (N-methyl/N-ethyl adjacent to an activating group) is 1. The molecule has 0 unspecified atom stereocenters. The van der Waals surface area contributed by atoms with Gasteiger partial charge in [0.05, 0.1) is 13.1 Å². The molecule has 0 aliphatic heterocycles. The van der Waals surface area contributed by atoms with Gasteiger partial charge in [-0.2, -0.15) is 4.98 Å². The van der Waals surface area contributed by atoms with E-state index in [1.807, 2.05) is 37.4 Å². The maximum Gasteiger partial charge on any atom is 0.240 e. The lowest BCUT2D eigenvalue weighted by molar-refractivity contribution is -0.117. The van der Waals surface area contributed by atoms with Gasteiger partial charge < -0.3 is 9.84 Å². The Morgan fingerprint density at radius 3 is 2.77 bits per heavy atom. The zero-order valence-electron chi connectivity index (χ0n) is 14.4. The number of amides is 1. The lowest BCUT2D eigenvalue weighted by Gasteiger charge is -2.13. The van der Waals surface area contributed by atoms with E-state index in [9.17, 15) is 4.79 Å². The fraction of sp³-hybridized carbons (Fsp3) is 0.211. The van der Waals surface area contributed by atoms with Crippen molar-refractivity contribution in [2.45, 2.75) is 13.0 Å². The number of anilines is 1. The molecule has 1 heterocycles. The Morgan fingerprint density at radius 2 is 2.00 bits per heavy atom. The van der Waals surface area contributed by atoms with E-state index in [2.05, 4.69) is 15.5 Å². The van der Waals surface area contributed by atoms with Crippen molar-refractivity contribution in [3.05, 3.63) is 76.9 Å². The van der Waals surface area contributed by atoms with Gasteiger partial charge in [0.2, 0.25) is 11.8 Å². The van der Waals surface area contributed by atoms with Crippen molar-refractivity contribution in [2.24, 2.45) is 0 Å². The van der Waals surface area contributed by atoms with Crippen LogP contribution in [-0.4, -0.2) is 34.5 Å². The second-order valence-electron chi connectivity index (χ2n) is 6.00. The van der Waals surface area contributed by atoms with Crippen molar-refractivity contribution in [1.82, 2.24) is 15.0 Å². The number of halogens is 1. The average Bonchev–Trinajstić information content (AvgIpc) is 3.02. The maximum atomic E-state index is 12.1. The van der Waals surface area contributed by atoms with Crippen LogP contribution in [0.25, 0.3) is 0 Å². The summed E-state index contributed by atoms with van der Waals surface area (Å²) in [5.74, 6) is 0.968. The molecule has 1 amide bonds. The number of rotatable bonds is 7. The molecule has 3 rings (SSSR count). The largest absolute Gasteiger partial charge is 0.338 e. The Hall–Kier alpha value is -2.70. The number of nitrogens with one attached hydrogen (secondary N) is 1. The van der Waals surface area contributed by atoms with E-state index in [-0.39, 0.29) is 12.5 Å². The highest BCUT2D eigenvalue weighted by atomic mass is 35.5. The van der Waals surface area contributed by atoms with E-state index in [0.29, 0.717) is 35.4 Å². The summed E-state index contributed by atoms with van der Waals surface area (Å²) in [7, 11) is 1.82. The van der Waals surface area contributed by atoms with Crippen molar-refractivity contribution < 1.29 is 9.32 Å². The van der Waals surface area contributed by atoms with Gasteiger partial charge in [-0.1, -0.05) is 53.2 Å². The molecule has 7 heteroatoms. The van der Waals surface area contributed by atoms with Gasteiger partial charge in [-0.25, -0.2) is 0 Å². The molecule has 0 fully saturated rings. The molecular formula is C19H19ClN4O2. The smallest absolute Gasteiger partial charge is 0.240 e. The Morgan fingerprint density at radius 1 is 1.19 bits per heavy atom. The van der Waals surface area contributed by atoms with E-state index >= 15 is 0 Å². The van der Waals surface area contributed by atoms with Gasteiger partial charge in [0.15, 0.2) is 5.82 Å². The van der Waals surface area contributed by atoms with Gasteiger partial charge in [0.25, 0.3) is 0 Å². The molecule has 1 aromatic heterocycles. The monoisotopic (exact) mass is 370 g/mol. The molecule has 134 valence electrons. The molecule has 3 aromatic rings. The zero-order chi connectivity index (χ0) is 18.4. The summed E-state index contributed by atoms with van der Waals surface area (Å²) in [6.45, 7) is 0.591. The highest BCUT2D eigenvalue weighted by Crippen LogP contribution is 2.15. The minimum atomic E-state index is -0.140. The SMILES string of the molecule is CN(CC(=O)Nc1cccc(Cl)c1)Cc1nc(Cc2ccccc2)no1. The van der Waals surface area contributed by atoms with Gasteiger partial charge in [-0.3, -0.25) is 9.69 Å². The molecule has 0 aliphatic carbocycles. The van der Waals surface area contributed by atoms with Gasteiger partial charge in [-0.05, 0) is 30.8 Å². The van der Waals surface area contributed by atoms with Crippen LogP contribution in [0.3, 0.4) is 0 Å². The molecule has 0 atom stereocenters. The first-order valence-electron chi connectivity index (χ1n) is 8.18. The van der Waals surface area contributed by atoms with E-state index in [0.717, 1.165) is 5.56 Å². The maximum absolute atomic E-state index is 12.1. The van der Waals surface area contributed by atoms with E-state index in [1.54, 1.807) is 29.2 Å². The van der Waals surface area contributed by atoms with Gasteiger partial charge in [0.1, 0.15) is 0 Å². The Kier molecular flexibility index (Phi) is 5.99. The van der Waals surface area contributed by atoms with E-state index in [1.165, 1.54) is 0 Å². The number of nitrogens with zero attached hydrogens (tertiary/aromatic N) is 3. The van der Waals surface area contributed by atoms with Crippen molar-refractivity contribution in [1.29, 1.82) is 0 Å². The molecule has 0 aliphatic rings. The Labute approximate surface area is 156 Å². The van der Waals surface area contributed by atoms with Crippen molar-refractivity contribution >= 4 is 23.2 Å². The highest BCUT2D eigenvalue weighted by Gasteiger charge is 2.12. The summed E-state index contributed by atoms with van der Waals surface area (Å²) in [6, 6.07) is 17.0. The molecule has 0 bridgehead atoms. The molecule has 1 N–H and O–H groups in total. The van der Waals surface area contributed by atoms with Crippen LogP contribution in [0.2, 0.25) is 5.02 Å². The quantitative estimate of drug-likeness (QED) is 0.690. The van der Waals surface area contributed by atoms with Crippen LogP contribution in [0.5, 0.6) is 0 Å². The molecule has 6 nitrogen and oxygen atoms in total. The summed E-state index contributed by atoms with van der Waals surface area (Å²) < 4.78 is 5.27. The standard InChI is InChI=1S/C19H19ClN4O2/c1-24(12-18(25)21-16-9-5-8-15(20)11-16)13-19-22-17(23-26-19)10-14-6-3-2-4-7-14/h2-9,11H,10,12-13H2,1H3,(H,21,25). The van der Waals surface area contributed by atoms with Crippen LogP contribution in [-0.2, 0) is 17.8 Å². The number of hydrogen-bond donors (Lipinski definition) is 1. The van der Waals surface area contributed by atoms with Crippen LogP contribution in [0.4, 0.5) is 5.69 Å². The minimum absolute atomic E-state index is 0.140. The zero-order valence-corrected chi connectivity index (χ0v) is 15.1. The fourth-order valence-corrected chi connectivity index (χ4v) is 2.69. The van der Waals surface area contributed by atoms with Gasteiger partial charge in [0, 0.05) is 17.1 Å². The molecule has 2 aromatic carbocycles. The predicted octanol–water partition coefficient (Wildman–Crippen LogP) is 3.38. The van der Waals surface area contributed by atoms with E-state index < -0.39 is 0 Å². The molecule has 0 saturated carbocycles. The van der Waals surface area contributed by atoms with Crippen molar-refractivity contribution in [3.63, 3.8) is 0 Å². The Bertz CT molecular complexity index is 867. The lowest BCUT2D eigenvalue weighted by atomic mass is 10.1. The number of benzene rings is 2. The second kappa shape index (κ2) is 8.60. The summed E-state index contributed by atoms with van der Waals surface area (Å²) in [5.41, 5.74) is 1.79. The first kappa shape index (κ1) is 18.1. The number of carbonyl (C=O) groups excluding carboxylic acids is 1. The topological polar surface area (TPSA) is 71.3 Å². The van der Waals surface area contributed by atoms with Crippen LogP contribution >= 0.6 is 11.6 Å². The lowest BCUT2D eigenvalue weighted by Crippen LogP contribution is -2.29. The first-order chi connectivity index (χ1) is 12.6. The van der Waals surface area contributed by atoms with Gasteiger partial charge >= 0.3 is 0 Å². The predicted molar refractivity (Wildman–Crippen MR) is 100.0 cm³/mol. The number of hydrogen-bond acceptors (Lipinski definition) is 5. The molecular weight excluding hydrogens is 352 g/mol. The summed E-state index contributed by atoms with van der Waals surface area (Å²) in [6.07, 6.45) is 0.614. The van der Waals surface area contributed by atoms with Crippen LogP contribution in [0.1, 0.15) is 17.3 Å². The minimum Gasteiger partial charge on any atom is -0.338 e. The Balaban J connectivity index is 1.50. The second-order valence-corrected chi connectivity index (χ2v) is 6.43. The normalized spacial score (nSPS) is 10.9. The van der Waals surface area contributed by atoms with Crippen LogP contribution in [0.15, 0.2) is 59.1 Å². The average molecular weight is 371 g/mol. The van der Waals surface area contributed by atoms with Crippen molar-refractivity contribution in [2.75, 3.05) is 18.9 Å². The highest BCUT2D eigenvalue weighted by molar-refractivity contribution is 6.30. The van der Waals surface area contributed by atoms with Crippen LogP contribution < -0.4 is 5.32 Å². The molecule has 0 radical (unpaired) electrons. The van der Waals surface area contributed by atoms with Crippen LogP contribution in [0, 0.1) is 0 Å². The third-order valence-electron chi connectivity index (χ3n) is 3.64. The van der Waals surface area contributed by atoms with Crippen molar-refractivity contribution in [3.8, 4) is 0 Å². The molecule has 26 heavy (non-hydrogen) atoms. The number of carbonyl (C=O) groups is 1. The van der Waals surface area contributed by atoms with E-state index in [4.69, 9.17) is 16.1 Å². The molecule has 0 spiro atoms.